The smallest absolute Gasteiger partial charge is 0.0541 e. The summed E-state index contributed by atoms with van der Waals surface area (Å²) in [6.07, 6.45) is 0. The van der Waals surface area contributed by atoms with Gasteiger partial charge in [-0.25, -0.2) is 0 Å². The number of nitrogens with zero attached hydrogens (tertiary/aromatic N) is 2. The third-order valence-corrected chi connectivity index (χ3v) is 11.5. The van der Waals surface area contributed by atoms with Crippen molar-refractivity contribution in [3.05, 3.63) is 231 Å². The topological polar surface area (TPSA) is 8.17 Å². The number of aromatic nitrogens is 1. The average molecular weight is 739 g/mol. The van der Waals surface area contributed by atoms with Gasteiger partial charge in [0, 0.05) is 33.5 Å². The molecule has 2 heteroatoms. The Morgan fingerprint density at radius 3 is 1.29 bits per heavy atom. The predicted octanol–water partition coefficient (Wildman–Crippen LogP) is 15.6. The van der Waals surface area contributed by atoms with Crippen molar-refractivity contribution >= 4 is 60.4 Å². The minimum Gasteiger partial charge on any atom is -0.310 e. The molecule has 0 saturated heterocycles. The monoisotopic (exact) mass is 738 g/mol. The maximum absolute atomic E-state index is 2.41. The van der Waals surface area contributed by atoms with Crippen LogP contribution in [0.25, 0.3) is 82.4 Å². The van der Waals surface area contributed by atoms with E-state index in [2.05, 4.69) is 240 Å². The second-order valence-electron chi connectivity index (χ2n) is 14.9. The van der Waals surface area contributed by atoms with Crippen molar-refractivity contribution < 1.29 is 0 Å². The van der Waals surface area contributed by atoms with Crippen LogP contribution in [0.1, 0.15) is 0 Å². The Morgan fingerprint density at radius 1 is 0.259 bits per heavy atom. The van der Waals surface area contributed by atoms with E-state index in [0.29, 0.717) is 0 Å². The van der Waals surface area contributed by atoms with E-state index >= 15 is 0 Å². The summed E-state index contributed by atoms with van der Waals surface area (Å²) in [7, 11) is 0. The summed E-state index contributed by atoms with van der Waals surface area (Å²) >= 11 is 0. The Kier molecular flexibility index (Phi) is 8.19. The number of hydrogen-bond donors (Lipinski definition) is 0. The molecule has 0 N–H and O–H groups in total. The zero-order chi connectivity index (χ0) is 38.4. The molecule has 0 aliphatic rings. The summed E-state index contributed by atoms with van der Waals surface area (Å²) < 4.78 is 2.37. The first-order valence-corrected chi connectivity index (χ1v) is 19.9. The Bertz CT molecular complexity index is 3200. The third kappa shape index (κ3) is 5.66. The van der Waals surface area contributed by atoms with Crippen molar-refractivity contribution in [3.8, 4) is 39.1 Å². The first-order chi connectivity index (χ1) is 28.8. The summed E-state index contributed by atoms with van der Waals surface area (Å²) in [5, 5.41) is 7.53. The van der Waals surface area contributed by atoms with Gasteiger partial charge in [-0.3, -0.25) is 0 Å². The van der Waals surface area contributed by atoms with Crippen LogP contribution >= 0.6 is 0 Å². The largest absolute Gasteiger partial charge is 0.310 e. The number of fused-ring (bicyclic) bond motifs is 5. The van der Waals surface area contributed by atoms with Crippen LogP contribution in [0.3, 0.4) is 0 Å². The maximum Gasteiger partial charge on any atom is 0.0541 e. The lowest BCUT2D eigenvalue weighted by Gasteiger charge is -2.26. The lowest BCUT2D eigenvalue weighted by molar-refractivity contribution is 1.17. The number of benzene rings is 10. The molecule has 1 aromatic heterocycles. The standard InChI is InChI=1S/C56H38N2/c1-4-17-39(18-5-1)55-49-27-10-11-28-50(49)56(40-19-6-2-7-20-40)52-38-42(31-36-51(52)55)41-21-16-24-46(37-41)57(43-22-8-3-9-23-43)44-32-34-45(35-33-44)58-53-29-14-12-25-47(53)48-26-13-15-30-54(48)58/h1-38H. The number of anilines is 3. The van der Waals surface area contributed by atoms with Gasteiger partial charge in [0.1, 0.15) is 0 Å². The van der Waals surface area contributed by atoms with Gasteiger partial charge >= 0.3 is 0 Å². The molecule has 10 aromatic carbocycles. The number of para-hydroxylation sites is 3. The summed E-state index contributed by atoms with van der Waals surface area (Å²) in [5.41, 5.74) is 14.2. The second kappa shape index (κ2) is 14.1. The van der Waals surface area contributed by atoms with Gasteiger partial charge in [0.05, 0.1) is 11.0 Å². The second-order valence-corrected chi connectivity index (χ2v) is 14.9. The molecule has 0 aliphatic carbocycles. The highest BCUT2D eigenvalue weighted by Crippen LogP contribution is 2.45. The lowest BCUT2D eigenvalue weighted by Crippen LogP contribution is -2.10. The fraction of sp³-hybridized carbons (Fsp3) is 0. The van der Waals surface area contributed by atoms with E-state index in [0.717, 1.165) is 28.3 Å². The van der Waals surface area contributed by atoms with Crippen LogP contribution in [0.15, 0.2) is 231 Å². The van der Waals surface area contributed by atoms with Gasteiger partial charge in [0.15, 0.2) is 0 Å². The molecule has 0 fully saturated rings. The van der Waals surface area contributed by atoms with Crippen LogP contribution in [0.4, 0.5) is 17.1 Å². The first-order valence-electron chi connectivity index (χ1n) is 19.9. The van der Waals surface area contributed by atoms with E-state index in [9.17, 15) is 0 Å². The lowest BCUT2D eigenvalue weighted by atomic mass is 9.85. The third-order valence-electron chi connectivity index (χ3n) is 11.5. The van der Waals surface area contributed by atoms with Crippen molar-refractivity contribution in [2.45, 2.75) is 0 Å². The van der Waals surface area contributed by atoms with E-state index in [1.54, 1.807) is 0 Å². The highest BCUT2D eigenvalue weighted by molar-refractivity contribution is 6.22. The van der Waals surface area contributed by atoms with E-state index in [1.165, 1.54) is 71.2 Å². The van der Waals surface area contributed by atoms with Crippen molar-refractivity contribution in [2.75, 3.05) is 4.90 Å². The fourth-order valence-electron chi connectivity index (χ4n) is 8.99. The summed E-state index contributed by atoms with van der Waals surface area (Å²) in [5.74, 6) is 0. The molecule has 0 unspecified atom stereocenters. The summed E-state index contributed by atoms with van der Waals surface area (Å²) in [6, 6.07) is 83.6. The zero-order valence-electron chi connectivity index (χ0n) is 31.8. The molecule has 0 aliphatic heterocycles. The van der Waals surface area contributed by atoms with Crippen LogP contribution in [0, 0.1) is 0 Å². The summed E-state index contributed by atoms with van der Waals surface area (Å²) in [6.45, 7) is 0. The van der Waals surface area contributed by atoms with Crippen LogP contribution in [0.2, 0.25) is 0 Å². The normalized spacial score (nSPS) is 11.4. The van der Waals surface area contributed by atoms with E-state index in [4.69, 9.17) is 0 Å². The van der Waals surface area contributed by atoms with Gasteiger partial charge in [-0.1, -0.05) is 164 Å². The van der Waals surface area contributed by atoms with Crippen molar-refractivity contribution in [3.63, 3.8) is 0 Å². The van der Waals surface area contributed by atoms with Gasteiger partial charge in [0.2, 0.25) is 0 Å². The average Bonchev–Trinajstić information content (AvgIpc) is 3.64. The molecule has 11 rings (SSSR count). The van der Waals surface area contributed by atoms with Crippen LogP contribution in [-0.4, -0.2) is 4.57 Å². The molecule has 0 radical (unpaired) electrons. The minimum absolute atomic E-state index is 1.09. The van der Waals surface area contributed by atoms with Gasteiger partial charge < -0.3 is 9.47 Å². The summed E-state index contributed by atoms with van der Waals surface area (Å²) in [4.78, 5) is 2.36. The molecule has 0 amide bonds. The van der Waals surface area contributed by atoms with Crippen molar-refractivity contribution in [1.82, 2.24) is 4.57 Å². The molecule has 0 atom stereocenters. The van der Waals surface area contributed by atoms with E-state index in [1.807, 2.05) is 0 Å². The van der Waals surface area contributed by atoms with Gasteiger partial charge in [-0.15, -0.1) is 0 Å². The zero-order valence-corrected chi connectivity index (χ0v) is 31.8. The highest BCUT2D eigenvalue weighted by atomic mass is 15.1. The molecule has 11 aromatic rings. The Morgan fingerprint density at radius 2 is 0.690 bits per heavy atom. The maximum atomic E-state index is 2.41. The van der Waals surface area contributed by atoms with E-state index in [-0.39, 0.29) is 0 Å². The van der Waals surface area contributed by atoms with Crippen molar-refractivity contribution in [2.24, 2.45) is 0 Å². The molecule has 1 heterocycles. The molecule has 272 valence electrons. The quantitative estimate of drug-likeness (QED) is 0.148. The van der Waals surface area contributed by atoms with Gasteiger partial charge in [-0.2, -0.15) is 0 Å². The Labute approximate surface area is 338 Å². The Balaban J connectivity index is 1.06. The first kappa shape index (κ1) is 33.6. The predicted molar refractivity (Wildman–Crippen MR) is 247 cm³/mol. The molecule has 0 saturated carbocycles. The van der Waals surface area contributed by atoms with Crippen LogP contribution in [-0.2, 0) is 0 Å². The molecule has 2 nitrogen and oxygen atoms in total. The molecule has 0 bridgehead atoms. The van der Waals surface area contributed by atoms with Gasteiger partial charge in [0.25, 0.3) is 0 Å². The number of rotatable bonds is 7. The molecule has 58 heavy (non-hydrogen) atoms. The van der Waals surface area contributed by atoms with Crippen LogP contribution in [0.5, 0.6) is 0 Å². The number of hydrogen-bond acceptors (Lipinski definition) is 1. The molecular weight excluding hydrogens is 701 g/mol. The highest BCUT2D eigenvalue weighted by Gasteiger charge is 2.19. The SMILES string of the molecule is c1ccc(-c2c3ccccc3c(-c3ccccc3)c3cc(-c4cccc(N(c5ccccc5)c5ccc(-n6c7ccccc7c7ccccc76)cc5)c4)ccc23)cc1. The fourth-order valence-corrected chi connectivity index (χ4v) is 8.99. The van der Waals surface area contributed by atoms with E-state index < -0.39 is 0 Å². The minimum atomic E-state index is 1.09. The van der Waals surface area contributed by atoms with Crippen molar-refractivity contribution in [1.29, 1.82) is 0 Å². The molecular formula is C56H38N2. The van der Waals surface area contributed by atoms with Crippen LogP contribution < -0.4 is 4.90 Å². The Hall–Kier alpha value is -7.68. The van der Waals surface area contributed by atoms with Gasteiger partial charge in [-0.05, 0) is 122 Å². The molecule has 0 spiro atoms.